The van der Waals surface area contributed by atoms with Gasteiger partial charge in [0.2, 0.25) is 5.89 Å². The van der Waals surface area contributed by atoms with Crippen LogP contribution in [0.2, 0.25) is 0 Å². The maximum atomic E-state index is 10.4. The summed E-state index contributed by atoms with van der Waals surface area (Å²) < 4.78 is 5.47. The fourth-order valence-electron chi connectivity index (χ4n) is 1.77. The zero-order chi connectivity index (χ0) is 11.6. The van der Waals surface area contributed by atoms with Crippen LogP contribution in [-0.2, 0) is 16.6 Å². The van der Waals surface area contributed by atoms with Crippen molar-refractivity contribution < 1.29 is 14.3 Å². The first-order valence-corrected chi connectivity index (χ1v) is 6.50. The third-order valence-electron chi connectivity index (χ3n) is 2.88. The highest BCUT2D eigenvalue weighted by Crippen LogP contribution is 2.38. The summed E-state index contributed by atoms with van der Waals surface area (Å²) in [7, 11) is 0. The molecular formula is C11H15NO3S. The highest BCUT2D eigenvalue weighted by Gasteiger charge is 2.35. The van der Waals surface area contributed by atoms with E-state index in [0.717, 1.165) is 29.5 Å². The van der Waals surface area contributed by atoms with Crippen molar-refractivity contribution in [3.63, 3.8) is 0 Å². The van der Waals surface area contributed by atoms with Crippen LogP contribution in [-0.4, -0.2) is 27.6 Å². The van der Waals surface area contributed by atoms with Gasteiger partial charge < -0.3 is 9.52 Å². The van der Waals surface area contributed by atoms with Crippen molar-refractivity contribution >= 4 is 17.7 Å². The maximum Gasteiger partial charge on any atom is 0.303 e. The Morgan fingerprint density at radius 1 is 1.75 bits per heavy atom. The number of carboxylic acid groups (broad SMARTS) is 1. The molecule has 1 saturated heterocycles. The van der Waals surface area contributed by atoms with Crippen LogP contribution in [0.25, 0.3) is 0 Å². The highest BCUT2D eigenvalue weighted by molar-refractivity contribution is 7.99. The van der Waals surface area contributed by atoms with Crippen molar-refractivity contribution in [2.45, 2.75) is 31.6 Å². The monoisotopic (exact) mass is 241 g/mol. The topological polar surface area (TPSA) is 63.3 Å². The van der Waals surface area contributed by atoms with Gasteiger partial charge in [-0.2, -0.15) is 11.8 Å². The van der Waals surface area contributed by atoms with E-state index in [9.17, 15) is 4.79 Å². The Morgan fingerprint density at radius 2 is 2.56 bits per heavy atom. The summed E-state index contributed by atoms with van der Waals surface area (Å²) in [5.74, 6) is 2.14. The summed E-state index contributed by atoms with van der Waals surface area (Å²) in [6.07, 6.45) is 3.22. The number of hydrogen-bond donors (Lipinski definition) is 1. The molecule has 1 aliphatic rings. The van der Waals surface area contributed by atoms with Crippen LogP contribution in [0.15, 0.2) is 10.7 Å². The largest absolute Gasteiger partial charge is 0.481 e. The molecule has 0 spiro atoms. The average molecular weight is 241 g/mol. The summed E-state index contributed by atoms with van der Waals surface area (Å²) in [6, 6.07) is 0. The molecule has 0 amide bonds. The van der Waals surface area contributed by atoms with E-state index < -0.39 is 5.97 Å². The zero-order valence-corrected chi connectivity index (χ0v) is 10.0. The smallest absolute Gasteiger partial charge is 0.303 e. The van der Waals surface area contributed by atoms with Crippen LogP contribution in [0.3, 0.4) is 0 Å². The SMILES string of the molecule is CC1(c2nc(CCC(=O)O)co2)CCSC1. The number of aromatic nitrogens is 1. The maximum absolute atomic E-state index is 10.4. The van der Waals surface area contributed by atoms with E-state index in [0.29, 0.717) is 6.42 Å². The molecule has 1 N–H and O–H groups in total. The fourth-order valence-corrected chi connectivity index (χ4v) is 3.23. The molecule has 1 aromatic rings. The number of carbonyl (C=O) groups is 1. The first kappa shape index (κ1) is 11.5. The van der Waals surface area contributed by atoms with Crippen molar-refractivity contribution in [3.8, 4) is 0 Å². The number of thioether (sulfide) groups is 1. The van der Waals surface area contributed by atoms with Gasteiger partial charge in [0.25, 0.3) is 0 Å². The van der Waals surface area contributed by atoms with Crippen LogP contribution in [0.5, 0.6) is 0 Å². The minimum Gasteiger partial charge on any atom is -0.481 e. The van der Waals surface area contributed by atoms with Gasteiger partial charge in [-0.15, -0.1) is 0 Å². The van der Waals surface area contributed by atoms with Gasteiger partial charge in [-0.25, -0.2) is 4.98 Å². The molecule has 1 fully saturated rings. The Bertz CT molecular complexity index is 382. The van der Waals surface area contributed by atoms with Gasteiger partial charge in [0.05, 0.1) is 17.5 Å². The van der Waals surface area contributed by atoms with Gasteiger partial charge in [0.1, 0.15) is 6.26 Å². The summed E-state index contributed by atoms with van der Waals surface area (Å²) in [4.78, 5) is 14.8. The molecule has 5 heteroatoms. The van der Waals surface area contributed by atoms with E-state index in [1.54, 1.807) is 6.26 Å². The second-order valence-electron chi connectivity index (χ2n) is 4.40. The second-order valence-corrected chi connectivity index (χ2v) is 5.51. The molecule has 0 saturated carbocycles. The van der Waals surface area contributed by atoms with E-state index >= 15 is 0 Å². The Morgan fingerprint density at radius 3 is 3.19 bits per heavy atom. The summed E-state index contributed by atoms with van der Waals surface area (Å²) >= 11 is 1.91. The third kappa shape index (κ3) is 2.40. The molecular weight excluding hydrogens is 226 g/mol. The molecule has 2 heterocycles. The number of hydrogen-bond acceptors (Lipinski definition) is 4. The summed E-state index contributed by atoms with van der Waals surface area (Å²) in [5, 5.41) is 8.58. The fraction of sp³-hybridized carbons (Fsp3) is 0.636. The standard InChI is InChI=1S/C11H15NO3S/c1-11(4-5-16-7-11)10-12-8(6-15-10)2-3-9(13)14/h6H,2-5,7H2,1H3,(H,13,14). The number of rotatable bonds is 4. The minimum absolute atomic E-state index is 0.0339. The van der Waals surface area contributed by atoms with Crippen LogP contribution in [0.4, 0.5) is 0 Å². The van der Waals surface area contributed by atoms with Gasteiger partial charge in [-0.05, 0) is 12.2 Å². The molecule has 2 rings (SSSR count). The van der Waals surface area contributed by atoms with Crippen molar-refractivity contribution in [2.75, 3.05) is 11.5 Å². The van der Waals surface area contributed by atoms with Gasteiger partial charge in [-0.3, -0.25) is 4.79 Å². The number of aliphatic carboxylic acids is 1. The Kier molecular flexibility index (Phi) is 3.23. The lowest BCUT2D eigenvalue weighted by Gasteiger charge is -2.17. The zero-order valence-electron chi connectivity index (χ0n) is 9.23. The molecule has 88 valence electrons. The first-order valence-electron chi connectivity index (χ1n) is 5.35. The summed E-state index contributed by atoms with van der Waals surface area (Å²) in [6.45, 7) is 2.15. The van der Waals surface area contributed by atoms with Crippen molar-refractivity contribution in [1.82, 2.24) is 4.98 Å². The summed E-state index contributed by atoms with van der Waals surface area (Å²) in [5.41, 5.74) is 0.780. The van der Waals surface area contributed by atoms with Crippen molar-refractivity contribution in [2.24, 2.45) is 0 Å². The lowest BCUT2D eigenvalue weighted by Crippen LogP contribution is -2.21. The lowest BCUT2D eigenvalue weighted by atomic mass is 9.90. The van der Waals surface area contributed by atoms with Crippen molar-refractivity contribution in [3.05, 3.63) is 17.8 Å². The molecule has 0 radical (unpaired) electrons. The van der Waals surface area contributed by atoms with Crippen LogP contribution >= 0.6 is 11.8 Å². The normalized spacial score (nSPS) is 24.8. The lowest BCUT2D eigenvalue weighted by molar-refractivity contribution is -0.136. The Labute approximate surface area is 98.4 Å². The minimum atomic E-state index is -0.799. The predicted molar refractivity (Wildman–Crippen MR) is 61.8 cm³/mol. The average Bonchev–Trinajstić information content (AvgIpc) is 2.84. The van der Waals surface area contributed by atoms with E-state index in [2.05, 4.69) is 11.9 Å². The molecule has 0 bridgehead atoms. The van der Waals surface area contributed by atoms with Gasteiger partial charge in [-0.1, -0.05) is 6.92 Å². The number of oxazole rings is 1. The molecule has 1 unspecified atom stereocenters. The number of nitrogens with zero attached hydrogens (tertiary/aromatic N) is 1. The third-order valence-corrected chi connectivity index (χ3v) is 4.22. The molecule has 16 heavy (non-hydrogen) atoms. The second kappa shape index (κ2) is 4.49. The highest BCUT2D eigenvalue weighted by atomic mass is 32.2. The van der Waals surface area contributed by atoms with Crippen LogP contribution in [0.1, 0.15) is 31.4 Å². The van der Waals surface area contributed by atoms with Gasteiger partial charge in [0, 0.05) is 12.2 Å². The quantitative estimate of drug-likeness (QED) is 0.874. The van der Waals surface area contributed by atoms with E-state index in [1.165, 1.54) is 0 Å². The first-order chi connectivity index (χ1) is 7.60. The van der Waals surface area contributed by atoms with E-state index in [-0.39, 0.29) is 11.8 Å². The van der Waals surface area contributed by atoms with Crippen molar-refractivity contribution in [1.29, 1.82) is 0 Å². The van der Waals surface area contributed by atoms with Gasteiger partial charge in [0.15, 0.2) is 0 Å². The molecule has 0 aromatic carbocycles. The number of aryl methyl sites for hydroxylation is 1. The molecule has 1 aromatic heterocycles. The number of carboxylic acids is 1. The van der Waals surface area contributed by atoms with E-state index in [4.69, 9.17) is 9.52 Å². The molecule has 0 aliphatic carbocycles. The van der Waals surface area contributed by atoms with E-state index in [1.807, 2.05) is 11.8 Å². The molecule has 4 nitrogen and oxygen atoms in total. The van der Waals surface area contributed by atoms with Crippen LogP contribution < -0.4 is 0 Å². The predicted octanol–water partition coefficient (Wildman–Crippen LogP) is 2.09. The Hall–Kier alpha value is -0.970. The molecule has 1 aliphatic heterocycles. The van der Waals surface area contributed by atoms with Gasteiger partial charge >= 0.3 is 5.97 Å². The molecule has 1 atom stereocenters. The van der Waals surface area contributed by atoms with Crippen LogP contribution in [0, 0.1) is 0 Å². The Balaban J connectivity index is 2.04.